The maximum absolute atomic E-state index is 14.4. The number of sulfone groups is 3. The number of nitrogens with two attached hydrogens (primary N) is 2. The van der Waals surface area contributed by atoms with E-state index in [1.807, 2.05) is 0 Å². The van der Waals surface area contributed by atoms with Crippen LogP contribution >= 0.6 is 0 Å². The summed E-state index contributed by atoms with van der Waals surface area (Å²) in [6.45, 7) is -0.685. The monoisotopic (exact) mass is 672 g/mol. The van der Waals surface area contributed by atoms with Crippen LogP contribution in [0.25, 0.3) is 0 Å². The predicted octanol–water partition coefficient (Wildman–Crippen LogP) is 1.01. The molecular formula is C23H24N6O12S3. The van der Waals surface area contributed by atoms with Gasteiger partial charge in [0.05, 0.1) is 14.8 Å². The Labute approximate surface area is 249 Å². The van der Waals surface area contributed by atoms with Crippen molar-refractivity contribution in [3.05, 3.63) is 103 Å². The highest BCUT2D eigenvalue weighted by Crippen LogP contribution is 2.43. The molecule has 21 heteroatoms. The van der Waals surface area contributed by atoms with Gasteiger partial charge in [-0.15, -0.1) is 0 Å². The van der Waals surface area contributed by atoms with Crippen molar-refractivity contribution in [2.75, 3.05) is 13.1 Å². The number of hydrogen-bond acceptors (Lipinski definition) is 15. The Morgan fingerprint density at radius 2 is 1.00 bits per heavy atom. The molecule has 44 heavy (non-hydrogen) atoms. The number of para-hydroxylation sites is 3. The molecule has 0 radical (unpaired) electrons. The van der Waals surface area contributed by atoms with E-state index < -0.39 is 92.2 Å². The Bertz CT molecular complexity index is 1860. The molecule has 18 nitrogen and oxygen atoms in total. The molecule has 1 unspecified atom stereocenters. The second-order valence-electron chi connectivity index (χ2n) is 8.92. The van der Waals surface area contributed by atoms with Crippen LogP contribution in [0, 0.1) is 30.3 Å². The Kier molecular flexibility index (Phi) is 9.82. The predicted molar refractivity (Wildman–Crippen MR) is 153 cm³/mol. The van der Waals surface area contributed by atoms with E-state index in [0.29, 0.717) is 30.3 Å². The van der Waals surface area contributed by atoms with Crippen LogP contribution in [-0.2, 0) is 29.5 Å². The summed E-state index contributed by atoms with van der Waals surface area (Å²) in [5, 5.41) is 34.5. The first-order valence-electron chi connectivity index (χ1n) is 12.1. The van der Waals surface area contributed by atoms with Crippen molar-refractivity contribution in [1.82, 2.24) is 5.32 Å². The molecule has 0 saturated heterocycles. The highest BCUT2D eigenvalue weighted by Gasteiger charge is 2.65. The third-order valence-electron chi connectivity index (χ3n) is 6.30. The molecule has 5 N–H and O–H groups in total. The molecule has 0 bridgehead atoms. The molecule has 0 aliphatic heterocycles. The van der Waals surface area contributed by atoms with Crippen LogP contribution in [0.3, 0.4) is 0 Å². The maximum atomic E-state index is 14.4. The lowest BCUT2D eigenvalue weighted by atomic mass is 10.3. The van der Waals surface area contributed by atoms with Crippen molar-refractivity contribution in [3.8, 4) is 0 Å². The second kappa shape index (κ2) is 12.7. The van der Waals surface area contributed by atoms with Crippen molar-refractivity contribution < 1.29 is 40.0 Å². The van der Waals surface area contributed by atoms with Gasteiger partial charge >= 0.3 is 0 Å². The van der Waals surface area contributed by atoms with Crippen molar-refractivity contribution in [2.24, 2.45) is 11.5 Å². The lowest BCUT2D eigenvalue weighted by Gasteiger charge is -2.35. The fourth-order valence-electron chi connectivity index (χ4n) is 4.22. The molecule has 0 aliphatic carbocycles. The number of nitrogens with zero attached hydrogens (tertiary/aromatic N) is 3. The zero-order valence-electron chi connectivity index (χ0n) is 22.2. The Morgan fingerprint density at radius 3 is 1.36 bits per heavy atom. The minimum absolute atomic E-state index is 0.115. The minimum Gasteiger partial charge on any atom is -0.330 e. The number of nitro groups is 3. The molecular weight excluding hydrogens is 648 g/mol. The number of nitrogens with one attached hydrogen (secondary N) is 1. The molecule has 236 valence electrons. The first-order valence-corrected chi connectivity index (χ1v) is 16.6. The average Bonchev–Trinajstić information content (AvgIpc) is 2.98. The van der Waals surface area contributed by atoms with Gasteiger partial charge in [0.2, 0.25) is 29.5 Å². The summed E-state index contributed by atoms with van der Waals surface area (Å²) >= 11 is 0. The first-order chi connectivity index (χ1) is 20.5. The number of rotatable bonds is 14. The molecule has 0 spiro atoms. The molecule has 0 fully saturated rings. The van der Waals surface area contributed by atoms with E-state index in [0.717, 1.165) is 42.5 Å². The van der Waals surface area contributed by atoms with E-state index in [1.54, 1.807) is 0 Å². The van der Waals surface area contributed by atoms with Gasteiger partial charge in [-0.2, -0.15) is 0 Å². The largest absolute Gasteiger partial charge is 0.330 e. The molecule has 0 heterocycles. The smallest absolute Gasteiger partial charge is 0.288 e. The van der Waals surface area contributed by atoms with Crippen molar-refractivity contribution >= 4 is 46.6 Å². The minimum atomic E-state index is -6.00. The lowest BCUT2D eigenvalue weighted by molar-refractivity contribution is -0.388. The van der Waals surface area contributed by atoms with E-state index in [-0.39, 0.29) is 13.0 Å². The molecule has 3 rings (SSSR count). The summed E-state index contributed by atoms with van der Waals surface area (Å²) in [6.07, 6.45) is -0.115. The summed E-state index contributed by atoms with van der Waals surface area (Å²) in [4.78, 5) is 28.0. The number of nitro benzene ring substituents is 3. The highest BCUT2D eigenvalue weighted by atomic mass is 32.3. The molecule has 0 aliphatic rings. The maximum Gasteiger partial charge on any atom is 0.288 e. The summed E-state index contributed by atoms with van der Waals surface area (Å²) in [5.74, 6) is 0. The molecule has 0 saturated carbocycles. The number of hydrogen-bond donors (Lipinski definition) is 3. The zero-order valence-corrected chi connectivity index (χ0v) is 24.7. The van der Waals surface area contributed by atoms with Gasteiger partial charge in [-0.3, -0.25) is 41.4 Å². The van der Waals surface area contributed by atoms with Crippen molar-refractivity contribution in [1.29, 1.82) is 0 Å². The van der Waals surface area contributed by atoms with Crippen LogP contribution in [0.2, 0.25) is 0 Å². The lowest BCUT2D eigenvalue weighted by Crippen LogP contribution is -2.69. The van der Waals surface area contributed by atoms with Crippen LogP contribution in [0.1, 0.15) is 6.42 Å². The van der Waals surface area contributed by atoms with Gasteiger partial charge in [0.1, 0.15) is 14.7 Å². The van der Waals surface area contributed by atoms with E-state index in [4.69, 9.17) is 11.5 Å². The van der Waals surface area contributed by atoms with Gasteiger partial charge in [-0.1, -0.05) is 36.4 Å². The Balaban J connectivity index is 2.61. The molecule has 3 aromatic rings. The molecule has 0 amide bonds. The average molecular weight is 673 g/mol. The third kappa shape index (κ3) is 5.75. The normalized spacial score (nSPS) is 13.2. The SMILES string of the molecule is NCCCNC(C(N)(S(=O)(=O)c1ccccc1[N+](=O)[O-])S(=O)(=O)c1ccccc1[N+](=O)[O-])S(=O)(=O)c1ccccc1[N+](=O)[O-]. The Hall–Kier alpha value is -4.41. The van der Waals surface area contributed by atoms with Gasteiger partial charge in [-0.05, 0) is 37.7 Å². The molecule has 0 aromatic heterocycles. The highest BCUT2D eigenvalue weighted by molar-refractivity contribution is 8.11. The van der Waals surface area contributed by atoms with Crippen LogP contribution < -0.4 is 16.8 Å². The standard InChI is InChI=1S/C23H24N6O12S3/c24-14-7-15-26-22(42(36,37)19-11-4-1-8-16(19)27(30)31)23(25,43(38,39)20-12-5-2-9-17(20)28(32)33)44(40,41)21-13-6-3-10-18(21)29(34)35/h1-6,8-13,22,26H,7,14-15,24-25H2. The van der Waals surface area contributed by atoms with E-state index in [1.165, 1.54) is 0 Å². The van der Waals surface area contributed by atoms with E-state index in [9.17, 15) is 55.6 Å². The van der Waals surface area contributed by atoms with Gasteiger partial charge < -0.3 is 5.73 Å². The summed E-state index contributed by atoms with van der Waals surface area (Å²) < 4.78 is 81.8. The van der Waals surface area contributed by atoms with Crippen molar-refractivity contribution in [2.45, 2.75) is 30.7 Å². The van der Waals surface area contributed by atoms with Crippen LogP contribution in [-0.4, -0.2) is 62.7 Å². The van der Waals surface area contributed by atoms with Gasteiger partial charge in [-0.25, -0.2) is 25.3 Å². The topological polar surface area (TPSA) is 296 Å². The van der Waals surface area contributed by atoms with Gasteiger partial charge in [0.15, 0.2) is 5.37 Å². The molecule has 1 atom stereocenters. The summed E-state index contributed by atoms with van der Waals surface area (Å²) in [7, 11) is -17.6. The van der Waals surface area contributed by atoms with Gasteiger partial charge in [0.25, 0.3) is 21.3 Å². The third-order valence-corrected chi connectivity index (χ3v) is 14.0. The van der Waals surface area contributed by atoms with Gasteiger partial charge in [0, 0.05) is 18.2 Å². The zero-order chi connectivity index (χ0) is 33.1. The summed E-state index contributed by atoms with van der Waals surface area (Å²) in [6, 6.07) is 10.1. The quantitative estimate of drug-likeness (QED) is 0.122. The summed E-state index contributed by atoms with van der Waals surface area (Å²) in [5.41, 5.74) is 8.24. The number of benzene rings is 3. The fraction of sp³-hybridized carbons (Fsp3) is 0.217. The van der Waals surface area contributed by atoms with E-state index in [2.05, 4.69) is 5.32 Å². The van der Waals surface area contributed by atoms with Crippen molar-refractivity contribution in [3.63, 3.8) is 0 Å². The fourth-order valence-corrected chi connectivity index (χ4v) is 11.9. The van der Waals surface area contributed by atoms with Crippen LogP contribution in [0.15, 0.2) is 87.5 Å². The van der Waals surface area contributed by atoms with E-state index >= 15 is 0 Å². The first kappa shape index (κ1) is 34.1. The van der Waals surface area contributed by atoms with Crippen LogP contribution in [0.5, 0.6) is 0 Å². The van der Waals surface area contributed by atoms with Crippen LogP contribution in [0.4, 0.5) is 17.1 Å². The second-order valence-corrected chi connectivity index (χ2v) is 15.4. The molecule has 3 aromatic carbocycles. The Morgan fingerprint density at radius 1 is 0.659 bits per heavy atom.